The lowest BCUT2D eigenvalue weighted by Crippen LogP contribution is -2.44. The number of esters is 1. The molecule has 2 heterocycles. The highest BCUT2D eigenvalue weighted by atomic mass is 16.5. The third-order valence-electron chi connectivity index (χ3n) is 3.99. The van der Waals surface area contributed by atoms with Crippen LogP contribution in [0.2, 0.25) is 0 Å². The number of hydrogen-bond acceptors (Lipinski definition) is 5. The molecule has 1 unspecified atom stereocenters. The van der Waals surface area contributed by atoms with Crippen molar-refractivity contribution in [3.05, 3.63) is 34.2 Å². The van der Waals surface area contributed by atoms with Crippen LogP contribution in [0.5, 0.6) is 0 Å². The Bertz CT molecular complexity index is 727. The van der Waals surface area contributed by atoms with Gasteiger partial charge in [-0.25, -0.2) is 4.79 Å². The summed E-state index contributed by atoms with van der Waals surface area (Å²) in [5.41, 5.74) is -0.801. The number of aryl methyl sites for hydroxylation is 1. The fourth-order valence-corrected chi connectivity index (χ4v) is 2.52. The van der Waals surface area contributed by atoms with Crippen LogP contribution < -0.4 is 10.9 Å². The minimum Gasteiger partial charge on any atom is -0.466 e. The van der Waals surface area contributed by atoms with Gasteiger partial charge in [0.2, 0.25) is 0 Å². The quantitative estimate of drug-likeness (QED) is 0.604. The number of imide groups is 1. The summed E-state index contributed by atoms with van der Waals surface area (Å²) in [7, 11) is 1.62. The van der Waals surface area contributed by atoms with Crippen molar-refractivity contribution < 1.29 is 19.1 Å². The molecule has 1 aromatic heterocycles. The van der Waals surface area contributed by atoms with Gasteiger partial charge in [0, 0.05) is 25.7 Å². The maximum Gasteiger partial charge on any atom is 0.325 e. The highest BCUT2D eigenvalue weighted by Crippen LogP contribution is 2.24. The first kappa shape index (κ1) is 17.7. The standard InChI is InChI=1S/C16H21N3O5/c1-4-24-13(21)5-7-16(2)14(22)19(15(23)17-16)10-11-6-8-18(3)12(20)9-11/h6,8-9H,4-5,7,10H2,1-3H3,(H,17,23). The molecule has 24 heavy (non-hydrogen) atoms. The summed E-state index contributed by atoms with van der Waals surface area (Å²) in [6.45, 7) is 3.56. The largest absolute Gasteiger partial charge is 0.466 e. The minimum absolute atomic E-state index is 0.00967. The third-order valence-corrected chi connectivity index (χ3v) is 3.99. The number of aromatic nitrogens is 1. The zero-order chi connectivity index (χ0) is 17.9. The summed E-state index contributed by atoms with van der Waals surface area (Å²) in [4.78, 5) is 48.9. The number of carbonyl (C=O) groups is 3. The van der Waals surface area contributed by atoms with Crippen LogP contribution in [0.4, 0.5) is 4.79 Å². The summed E-state index contributed by atoms with van der Waals surface area (Å²) in [6.07, 6.45) is 1.77. The SMILES string of the molecule is CCOC(=O)CCC1(C)NC(=O)N(Cc2ccn(C)c(=O)c2)C1=O. The van der Waals surface area contributed by atoms with Gasteiger partial charge < -0.3 is 14.6 Å². The first-order valence-electron chi connectivity index (χ1n) is 7.72. The second-order valence-corrected chi connectivity index (χ2v) is 5.94. The molecule has 0 aliphatic carbocycles. The Hall–Kier alpha value is -2.64. The molecule has 1 aliphatic rings. The topological polar surface area (TPSA) is 97.7 Å². The van der Waals surface area contributed by atoms with Gasteiger partial charge >= 0.3 is 12.0 Å². The fourth-order valence-electron chi connectivity index (χ4n) is 2.52. The molecule has 0 spiro atoms. The number of amides is 3. The van der Waals surface area contributed by atoms with Crippen LogP contribution in [0.25, 0.3) is 0 Å². The summed E-state index contributed by atoms with van der Waals surface area (Å²) >= 11 is 0. The lowest BCUT2D eigenvalue weighted by molar-refractivity contribution is -0.143. The molecular weight excluding hydrogens is 314 g/mol. The highest BCUT2D eigenvalue weighted by molar-refractivity contribution is 6.06. The van der Waals surface area contributed by atoms with E-state index >= 15 is 0 Å². The third kappa shape index (κ3) is 3.64. The molecule has 1 N–H and O–H groups in total. The van der Waals surface area contributed by atoms with Crippen molar-refractivity contribution in [2.24, 2.45) is 7.05 Å². The van der Waals surface area contributed by atoms with E-state index in [1.165, 1.54) is 10.6 Å². The van der Waals surface area contributed by atoms with Crippen molar-refractivity contribution in [2.75, 3.05) is 6.61 Å². The van der Waals surface area contributed by atoms with Crippen molar-refractivity contribution in [3.8, 4) is 0 Å². The van der Waals surface area contributed by atoms with Crippen molar-refractivity contribution in [2.45, 2.75) is 38.8 Å². The van der Waals surface area contributed by atoms with Crippen LogP contribution >= 0.6 is 0 Å². The predicted octanol–water partition coefficient (Wildman–Crippen LogP) is 0.539. The number of nitrogens with one attached hydrogen (secondary N) is 1. The summed E-state index contributed by atoms with van der Waals surface area (Å²) in [5.74, 6) is -0.830. The Morgan fingerprint density at radius 3 is 2.67 bits per heavy atom. The first-order valence-corrected chi connectivity index (χ1v) is 7.72. The van der Waals surface area contributed by atoms with E-state index in [-0.39, 0.29) is 31.6 Å². The second-order valence-electron chi connectivity index (χ2n) is 5.94. The van der Waals surface area contributed by atoms with E-state index in [4.69, 9.17) is 4.74 Å². The van der Waals surface area contributed by atoms with Crippen LogP contribution in [0.15, 0.2) is 23.1 Å². The average Bonchev–Trinajstić information content (AvgIpc) is 2.73. The molecule has 2 rings (SSSR count). The van der Waals surface area contributed by atoms with E-state index < -0.39 is 23.4 Å². The second kappa shape index (κ2) is 6.86. The molecule has 0 bridgehead atoms. The maximum atomic E-state index is 12.6. The normalized spacial score (nSPS) is 20.2. The van der Waals surface area contributed by atoms with Gasteiger partial charge in [0.05, 0.1) is 13.2 Å². The molecule has 8 heteroatoms. The van der Waals surface area contributed by atoms with Gasteiger partial charge in [-0.2, -0.15) is 0 Å². The number of carbonyl (C=O) groups excluding carboxylic acids is 3. The van der Waals surface area contributed by atoms with Crippen LogP contribution in [0.1, 0.15) is 32.3 Å². The summed E-state index contributed by atoms with van der Waals surface area (Å²) in [5, 5.41) is 2.62. The van der Waals surface area contributed by atoms with E-state index in [1.54, 1.807) is 33.2 Å². The smallest absolute Gasteiger partial charge is 0.325 e. The summed E-state index contributed by atoms with van der Waals surface area (Å²) in [6, 6.07) is 2.53. The number of urea groups is 1. The zero-order valence-corrected chi connectivity index (χ0v) is 14.0. The molecule has 1 fully saturated rings. The number of hydrogen-bond donors (Lipinski definition) is 1. The monoisotopic (exact) mass is 335 g/mol. The van der Waals surface area contributed by atoms with Crippen LogP contribution in [-0.4, -0.2) is 39.5 Å². The van der Waals surface area contributed by atoms with Crippen molar-refractivity contribution in [1.29, 1.82) is 0 Å². The molecule has 130 valence electrons. The molecule has 1 aromatic rings. The zero-order valence-electron chi connectivity index (χ0n) is 14.0. The van der Waals surface area contributed by atoms with Gasteiger partial charge in [-0.05, 0) is 31.9 Å². The number of ether oxygens (including phenoxy) is 1. The van der Waals surface area contributed by atoms with Crippen LogP contribution in [0.3, 0.4) is 0 Å². The Morgan fingerprint density at radius 1 is 1.33 bits per heavy atom. The Morgan fingerprint density at radius 2 is 2.04 bits per heavy atom. The van der Waals surface area contributed by atoms with Crippen LogP contribution in [-0.2, 0) is 27.9 Å². The number of rotatable bonds is 6. The maximum absolute atomic E-state index is 12.6. The van der Waals surface area contributed by atoms with E-state index in [2.05, 4.69) is 5.32 Å². The first-order chi connectivity index (χ1) is 11.3. The Labute approximate surface area is 139 Å². The molecule has 8 nitrogen and oxygen atoms in total. The van der Waals surface area contributed by atoms with E-state index in [1.807, 2.05) is 0 Å². The Kier molecular flexibility index (Phi) is 5.06. The highest BCUT2D eigenvalue weighted by Gasteiger charge is 2.47. The van der Waals surface area contributed by atoms with Crippen molar-refractivity contribution in [1.82, 2.24) is 14.8 Å². The average molecular weight is 335 g/mol. The number of nitrogens with zero attached hydrogens (tertiary/aromatic N) is 2. The van der Waals surface area contributed by atoms with Crippen LogP contribution in [0, 0.1) is 0 Å². The lowest BCUT2D eigenvalue weighted by Gasteiger charge is -2.21. The van der Waals surface area contributed by atoms with Gasteiger partial charge in [0.25, 0.3) is 11.5 Å². The van der Waals surface area contributed by atoms with Gasteiger partial charge in [0.1, 0.15) is 5.54 Å². The van der Waals surface area contributed by atoms with Gasteiger partial charge in [-0.3, -0.25) is 19.3 Å². The minimum atomic E-state index is -1.15. The molecule has 1 saturated heterocycles. The molecule has 1 atom stereocenters. The predicted molar refractivity (Wildman–Crippen MR) is 85.0 cm³/mol. The lowest BCUT2D eigenvalue weighted by atomic mass is 9.96. The summed E-state index contributed by atoms with van der Waals surface area (Å²) < 4.78 is 6.24. The fraction of sp³-hybridized carbons (Fsp3) is 0.500. The molecular formula is C16H21N3O5. The molecule has 0 aromatic carbocycles. The molecule has 0 radical (unpaired) electrons. The number of pyridine rings is 1. The Balaban J connectivity index is 2.08. The molecule has 1 aliphatic heterocycles. The van der Waals surface area contributed by atoms with Crippen molar-refractivity contribution in [3.63, 3.8) is 0 Å². The van der Waals surface area contributed by atoms with E-state index in [0.29, 0.717) is 5.56 Å². The molecule has 0 saturated carbocycles. The molecule has 3 amide bonds. The van der Waals surface area contributed by atoms with Crippen molar-refractivity contribution >= 4 is 17.9 Å². The van der Waals surface area contributed by atoms with E-state index in [0.717, 1.165) is 4.90 Å². The van der Waals surface area contributed by atoms with Gasteiger partial charge in [-0.15, -0.1) is 0 Å². The van der Waals surface area contributed by atoms with Gasteiger partial charge in [-0.1, -0.05) is 0 Å². The van der Waals surface area contributed by atoms with E-state index in [9.17, 15) is 19.2 Å². The van der Waals surface area contributed by atoms with Gasteiger partial charge in [0.15, 0.2) is 0 Å².